The molecule has 2 rings (SSSR count). The predicted molar refractivity (Wildman–Crippen MR) is 83.6 cm³/mol. The van der Waals surface area contributed by atoms with Crippen LogP contribution in [0.2, 0.25) is 0 Å². The van der Waals surface area contributed by atoms with Crippen molar-refractivity contribution in [2.75, 3.05) is 19.0 Å². The highest BCUT2D eigenvalue weighted by atomic mass is 79.9. The average molecular weight is 340 g/mol. The molecule has 0 saturated heterocycles. The minimum atomic E-state index is 0.484. The molecule has 19 heavy (non-hydrogen) atoms. The topological polar surface area (TPSA) is 49.2 Å². The Kier molecular flexibility index (Phi) is 4.16. The minimum absolute atomic E-state index is 0.484. The molecule has 1 aromatic carbocycles. The van der Waals surface area contributed by atoms with E-state index in [1.165, 1.54) is 0 Å². The first-order valence-electron chi connectivity index (χ1n) is 5.64. The van der Waals surface area contributed by atoms with Crippen molar-refractivity contribution in [1.82, 2.24) is 14.9 Å². The molecule has 1 heterocycles. The minimum Gasteiger partial charge on any atom is -0.377 e. The SMILES string of the molecule is Cc1n[nH]c(=S)n1/N=C\c1ccc(N(C)C)c(Br)c1. The van der Waals surface area contributed by atoms with E-state index in [0.29, 0.717) is 4.77 Å². The third kappa shape index (κ3) is 3.10. The van der Waals surface area contributed by atoms with Gasteiger partial charge in [-0.15, -0.1) is 0 Å². The quantitative estimate of drug-likeness (QED) is 0.690. The number of aryl methyl sites for hydroxylation is 1. The maximum absolute atomic E-state index is 5.08. The summed E-state index contributed by atoms with van der Waals surface area (Å²) in [6.07, 6.45) is 1.75. The number of H-pyrrole nitrogens is 1. The Balaban J connectivity index is 2.30. The van der Waals surface area contributed by atoms with Gasteiger partial charge in [0.15, 0.2) is 0 Å². The molecule has 0 amide bonds. The molecule has 0 bridgehead atoms. The Hall–Kier alpha value is -1.47. The van der Waals surface area contributed by atoms with E-state index in [9.17, 15) is 0 Å². The van der Waals surface area contributed by atoms with Gasteiger partial charge in [-0.3, -0.25) is 5.10 Å². The summed E-state index contributed by atoms with van der Waals surface area (Å²) in [5.41, 5.74) is 2.10. The molecule has 0 fully saturated rings. The van der Waals surface area contributed by atoms with Crippen molar-refractivity contribution in [3.63, 3.8) is 0 Å². The van der Waals surface area contributed by atoms with Crippen molar-refractivity contribution >= 4 is 40.0 Å². The van der Waals surface area contributed by atoms with Gasteiger partial charge in [0.25, 0.3) is 0 Å². The van der Waals surface area contributed by atoms with E-state index in [4.69, 9.17) is 12.2 Å². The molecule has 0 atom stereocenters. The fourth-order valence-corrected chi connectivity index (χ4v) is 2.57. The van der Waals surface area contributed by atoms with Gasteiger partial charge in [-0.2, -0.15) is 14.9 Å². The summed E-state index contributed by atoms with van der Waals surface area (Å²) in [5, 5.41) is 11.0. The Morgan fingerprint density at radius 1 is 1.47 bits per heavy atom. The molecule has 1 aromatic heterocycles. The Labute approximate surface area is 125 Å². The molecule has 1 N–H and O–H groups in total. The second-order valence-corrected chi connectivity index (χ2v) is 5.48. The van der Waals surface area contributed by atoms with Crippen LogP contribution >= 0.6 is 28.1 Å². The monoisotopic (exact) mass is 339 g/mol. The molecular formula is C12H14BrN5S. The average Bonchev–Trinajstić information content (AvgIpc) is 2.66. The first-order chi connectivity index (χ1) is 8.99. The molecule has 2 aromatic rings. The fraction of sp³-hybridized carbons (Fsp3) is 0.250. The van der Waals surface area contributed by atoms with Crippen molar-refractivity contribution in [1.29, 1.82) is 0 Å². The smallest absolute Gasteiger partial charge is 0.216 e. The zero-order valence-electron chi connectivity index (χ0n) is 10.9. The van der Waals surface area contributed by atoms with Crippen molar-refractivity contribution in [3.05, 3.63) is 38.8 Å². The molecule has 0 aliphatic rings. The summed E-state index contributed by atoms with van der Waals surface area (Å²) in [5.74, 6) is 0.727. The number of benzene rings is 1. The number of anilines is 1. The van der Waals surface area contributed by atoms with Crippen LogP contribution in [-0.2, 0) is 0 Å². The maximum Gasteiger partial charge on any atom is 0.216 e. The van der Waals surface area contributed by atoms with E-state index in [1.54, 1.807) is 10.9 Å². The van der Waals surface area contributed by atoms with E-state index in [0.717, 1.165) is 21.5 Å². The van der Waals surface area contributed by atoms with Crippen LogP contribution in [0.4, 0.5) is 5.69 Å². The Bertz CT molecular complexity index is 671. The zero-order valence-corrected chi connectivity index (χ0v) is 13.3. The third-order valence-electron chi connectivity index (χ3n) is 2.59. The number of nitrogens with one attached hydrogen (secondary N) is 1. The lowest BCUT2D eigenvalue weighted by molar-refractivity contribution is 0.821. The van der Waals surface area contributed by atoms with Gasteiger partial charge in [0, 0.05) is 18.6 Å². The maximum atomic E-state index is 5.08. The number of aromatic nitrogens is 3. The molecule has 0 saturated carbocycles. The third-order valence-corrected chi connectivity index (χ3v) is 3.49. The fourth-order valence-electron chi connectivity index (χ4n) is 1.60. The summed E-state index contributed by atoms with van der Waals surface area (Å²) in [6.45, 7) is 1.84. The predicted octanol–water partition coefficient (Wildman–Crippen LogP) is 2.96. The van der Waals surface area contributed by atoms with Crippen LogP contribution in [0.3, 0.4) is 0 Å². The van der Waals surface area contributed by atoms with Gasteiger partial charge in [-0.25, -0.2) is 0 Å². The van der Waals surface area contributed by atoms with Gasteiger partial charge in [-0.05, 0) is 52.8 Å². The molecule has 0 unspecified atom stereocenters. The summed E-state index contributed by atoms with van der Waals surface area (Å²) in [4.78, 5) is 2.04. The molecule has 5 nitrogen and oxygen atoms in total. The highest BCUT2D eigenvalue weighted by Gasteiger charge is 2.02. The Morgan fingerprint density at radius 2 is 2.21 bits per heavy atom. The highest BCUT2D eigenvalue weighted by molar-refractivity contribution is 9.10. The van der Waals surface area contributed by atoms with E-state index in [-0.39, 0.29) is 0 Å². The lowest BCUT2D eigenvalue weighted by Crippen LogP contribution is -2.09. The Morgan fingerprint density at radius 3 is 2.74 bits per heavy atom. The van der Waals surface area contributed by atoms with E-state index in [1.807, 2.05) is 44.1 Å². The molecule has 0 spiro atoms. The number of rotatable bonds is 3. The summed E-state index contributed by atoms with van der Waals surface area (Å²) in [6, 6.07) is 6.05. The van der Waals surface area contributed by atoms with Gasteiger partial charge in [0.2, 0.25) is 4.77 Å². The first kappa shape index (κ1) is 14.0. The molecule has 0 radical (unpaired) electrons. The molecule has 0 aliphatic heterocycles. The number of hydrogen-bond acceptors (Lipinski definition) is 4. The van der Waals surface area contributed by atoms with E-state index >= 15 is 0 Å². The van der Waals surface area contributed by atoms with Gasteiger partial charge >= 0.3 is 0 Å². The highest BCUT2D eigenvalue weighted by Crippen LogP contribution is 2.25. The van der Waals surface area contributed by atoms with Crippen molar-refractivity contribution in [3.8, 4) is 0 Å². The van der Waals surface area contributed by atoms with Crippen molar-refractivity contribution in [2.24, 2.45) is 5.10 Å². The molecule has 7 heteroatoms. The van der Waals surface area contributed by atoms with Crippen LogP contribution in [0.1, 0.15) is 11.4 Å². The van der Waals surface area contributed by atoms with E-state index in [2.05, 4.69) is 31.2 Å². The van der Waals surface area contributed by atoms with Crippen LogP contribution in [0.5, 0.6) is 0 Å². The second-order valence-electron chi connectivity index (χ2n) is 4.24. The lowest BCUT2D eigenvalue weighted by Gasteiger charge is -2.14. The number of halogens is 1. The van der Waals surface area contributed by atoms with Crippen LogP contribution in [0, 0.1) is 11.7 Å². The van der Waals surface area contributed by atoms with Crippen molar-refractivity contribution in [2.45, 2.75) is 6.92 Å². The van der Waals surface area contributed by atoms with E-state index < -0.39 is 0 Å². The lowest BCUT2D eigenvalue weighted by atomic mass is 10.2. The number of hydrogen-bond donors (Lipinski definition) is 1. The van der Waals surface area contributed by atoms with Gasteiger partial charge < -0.3 is 4.90 Å². The zero-order chi connectivity index (χ0) is 14.0. The first-order valence-corrected chi connectivity index (χ1v) is 6.84. The largest absolute Gasteiger partial charge is 0.377 e. The van der Waals surface area contributed by atoms with Gasteiger partial charge in [-0.1, -0.05) is 6.07 Å². The molecular weight excluding hydrogens is 326 g/mol. The van der Waals surface area contributed by atoms with Gasteiger partial charge in [0.1, 0.15) is 5.82 Å². The standard InChI is InChI=1S/C12H14BrN5S/c1-8-15-16-12(19)18(8)14-7-9-4-5-11(17(2)3)10(13)6-9/h4-7H,1-3H3,(H,16,19)/b14-7-. The van der Waals surface area contributed by atoms with Crippen LogP contribution in [0.15, 0.2) is 27.8 Å². The molecule has 0 aliphatic carbocycles. The normalized spacial score (nSPS) is 11.2. The van der Waals surface area contributed by atoms with Crippen molar-refractivity contribution < 1.29 is 0 Å². The number of aromatic amines is 1. The van der Waals surface area contributed by atoms with Crippen LogP contribution < -0.4 is 4.90 Å². The summed E-state index contributed by atoms with van der Waals surface area (Å²) >= 11 is 8.63. The van der Waals surface area contributed by atoms with Crippen LogP contribution in [0.25, 0.3) is 0 Å². The van der Waals surface area contributed by atoms with Crippen LogP contribution in [-0.4, -0.2) is 35.2 Å². The second kappa shape index (κ2) is 5.66. The van der Waals surface area contributed by atoms with Gasteiger partial charge in [0.05, 0.1) is 11.9 Å². The molecule has 100 valence electrons. The number of nitrogens with zero attached hydrogens (tertiary/aromatic N) is 4. The summed E-state index contributed by atoms with van der Waals surface area (Å²) < 4.78 is 3.09. The summed E-state index contributed by atoms with van der Waals surface area (Å²) in [7, 11) is 4.00.